The largest absolute Gasteiger partial charge is 0.325 e. The van der Waals surface area contributed by atoms with Crippen molar-refractivity contribution in [2.75, 3.05) is 0 Å². The smallest absolute Gasteiger partial charge is 0.305 e. The Kier molecular flexibility index (Phi) is 3.99. The van der Waals surface area contributed by atoms with Gasteiger partial charge >= 0.3 is 6.03 Å². The topological polar surface area (TPSA) is 49.4 Å². The molecule has 0 radical (unpaired) electrons. The maximum atomic E-state index is 13.8. The van der Waals surface area contributed by atoms with Crippen LogP contribution in [-0.4, -0.2) is 22.4 Å². The quantitative estimate of drug-likeness (QED) is 0.868. The zero-order chi connectivity index (χ0) is 14.9. The van der Waals surface area contributed by atoms with Gasteiger partial charge in [0.05, 0.1) is 6.54 Å². The first-order valence-electron chi connectivity index (χ1n) is 6.51. The van der Waals surface area contributed by atoms with Crippen molar-refractivity contribution in [1.82, 2.24) is 10.2 Å². The lowest BCUT2D eigenvalue weighted by Crippen LogP contribution is -2.48. The number of carbonyl (C=O) groups is 2. The summed E-state index contributed by atoms with van der Waals surface area (Å²) in [6, 6.07) is 3.69. The van der Waals surface area contributed by atoms with Crippen LogP contribution in [0.15, 0.2) is 18.2 Å². The first-order chi connectivity index (χ1) is 9.44. The van der Waals surface area contributed by atoms with E-state index in [1.807, 2.05) is 13.8 Å². The highest BCUT2D eigenvalue weighted by Crippen LogP contribution is 2.31. The van der Waals surface area contributed by atoms with Crippen LogP contribution in [0.5, 0.6) is 0 Å². The van der Waals surface area contributed by atoms with Gasteiger partial charge in [0.2, 0.25) is 0 Å². The van der Waals surface area contributed by atoms with Gasteiger partial charge in [-0.3, -0.25) is 10.1 Å². The number of carbonyl (C=O) groups excluding carboxylic acids is 2. The zero-order valence-electron chi connectivity index (χ0n) is 11.4. The molecule has 1 aromatic carbocycles. The van der Waals surface area contributed by atoms with Gasteiger partial charge in [-0.15, -0.1) is 0 Å². The normalized spacial score (nSPS) is 17.5. The summed E-state index contributed by atoms with van der Waals surface area (Å²) in [4.78, 5) is 25.4. The molecule has 0 atom stereocenters. The van der Waals surface area contributed by atoms with Gasteiger partial charge in [-0.2, -0.15) is 0 Å². The van der Waals surface area contributed by atoms with E-state index in [0.717, 1.165) is 0 Å². The molecule has 0 spiro atoms. The van der Waals surface area contributed by atoms with Crippen LogP contribution >= 0.6 is 11.6 Å². The van der Waals surface area contributed by atoms with Crippen molar-refractivity contribution in [3.63, 3.8) is 0 Å². The maximum absolute atomic E-state index is 13.8. The molecule has 1 aromatic rings. The van der Waals surface area contributed by atoms with Gasteiger partial charge in [0.15, 0.2) is 0 Å². The van der Waals surface area contributed by atoms with Crippen LogP contribution in [0.25, 0.3) is 0 Å². The lowest BCUT2D eigenvalue weighted by Gasteiger charge is -2.33. The summed E-state index contributed by atoms with van der Waals surface area (Å²) in [5.74, 6) is -0.766. The van der Waals surface area contributed by atoms with E-state index in [1.54, 1.807) is 0 Å². The highest BCUT2D eigenvalue weighted by Gasteiger charge is 2.50. The van der Waals surface area contributed by atoms with Gasteiger partial charge in [-0.1, -0.05) is 25.4 Å². The Morgan fingerprint density at radius 3 is 2.55 bits per heavy atom. The number of imide groups is 1. The minimum Gasteiger partial charge on any atom is -0.305 e. The average molecular weight is 299 g/mol. The molecule has 4 nitrogen and oxygen atoms in total. The molecule has 3 amide bonds. The predicted octanol–water partition coefficient (Wildman–Crippen LogP) is 3.09. The first kappa shape index (κ1) is 14.8. The van der Waals surface area contributed by atoms with Crippen LogP contribution in [0.2, 0.25) is 5.02 Å². The number of halogens is 2. The SMILES string of the molecule is CCC1(CC)C(=O)NC(=O)N1Cc1cc(Cl)ccc1F. The van der Waals surface area contributed by atoms with Crippen molar-refractivity contribution in [2.24, 2.45) is 0 Å². The second kappa shape index (κ2) is 5.40. The summed E-state index contributed by atoms with van der Waals surface area (Å²) >= 11 is 5.85. The molecule has 1 fully saturated rings. The van der Waals surface area contributed by atoms with Crippen molar-refractivity contribution in [2.45, 2.75) is 38.8 Å². The summed E-state index contributed by atoms with van der Waals surface area (Å²) in [6.45, 7) is 3.69. The number of urea groups is 1. The maximum Gasteiger partial charge on any atom is 0.325 e. The fourth-order valence-electron chi connectivity index (χ4n) is 2.61. The number of hydrogen-bond donors (Lipinski definition) is 1. The highest BCUT2D eigenvalue weighted by atomic mass is 35.5. The molecule has 108 valence electrons. The third kappa shape index (κ3) is 2.26. The average Bonchev–Trinajstić information content (AvgIpc) is 2.65. The van der Waals surface area contributed by atoms with Crippen molar-refractivity contribution in [3.8, 4) is 0 Å². The number of rotatable bonds is 4. The van der Waals surface area contributed by atoms with Crippen molar-refractivity contribution in [1.29, 1.82) is 0 Å². The number of hydrogen-bond acceptors (Lipinski definition) is 2. The summed E-state index contributed by atoms with van der Waals surface area (Å²) in [6.07, 6.45) is 0.951. The van der Waals surface area contributed by atoms with Gasteiger partial charge in [0.25, 0.3) is 5.91 Å². The van der Waals surface area contributed by atoms with Crippen LogP contribution in [0.4, 0.5) is 9.18 Å². The van der Waals surface area contributed by atoms with Gasteiger partial charge < -0.3 is 4.90 Å². The van der Waals surface area contributed by atoms with Gasteiger partial charge in [0.1, 0.15) is 11.4 Å². The van der Waals surface area contributed by atoms with Crippen LogP contribution in [-0.2, 0) is 11.3 Å². The fraction of sp³-hybridized carbons (Fsp3) is 0.429. The molecule has 1 heterocycles. The molecular formula is C14H16ClFN2O2. The third-order valence-corrected chi connectivity index (χ3v) is 4.15. The number of nitrogens with one attached hydrogen (secondary N) is 1. The Labute approximate surface area is 121 Å². The molecule has 0 aromatic heterocycles. The summed E-state index contributed by atoms with van der Waals surface area (Å²) in [7, 11) is 0. The fourth-order valence-corrected chi connectivity index (χ4v) is 2.80. The van der Waals surface area contributed by atoms with Gasteiger partial charge in [-0.05, 0) is 31.0 Å². The van der Waals surface area contributed by atoms with E-state index >= 15 is 0 Å². The molecule has 0 bridgehead atoms. The molecule has 1 N–H and O–H groups in total. The second-order valence-corrected chi connectivity index (χ2v) is 5.26. The van der Waals surface area contributed by atoms with Crippen LogP contribution < -0.4 is 5.32 Å². The van der Waals surface area contributed by atoms with Crippen LogP contribution in [0.3, 0.4) is 0 Å². The Bertz CT molecular complexity index is 558. The van der Waals surface area contributed by atoms with Crippen molar-refractivity contribution in [3.05, 3.63) is 34.6 Å². The van der Waals surface area contributed by atoms with E-state index in [2.05, 4.69) is 5.32 Å². The molecule has 1 aliphatic heterocycles. The van der Waals surface area contributed by atoms with Crippen molar-refractivity contribution >= 4 is 23.5 Å². The minimum absolute atomic E-state index is 0.0195. The molecule has 0 aliphatic carbocycles. The molecule has 1 saturated heterocycles. The monoisotopic (exact) mass is 298 g/mol. The van der Waals surface area contributed by atoms with Gasteiger partial charge in [-0.25, -0.2) is 9.18 Å². The van der Waals surface area contributed by atoms with E-state index in [9.17, 15) is 14.0 Å². The number of amides is 3. The second-order valence-electron chi connectivity index (χ2n) is 4.82. The third-order valence-electron chi connectivity index (χ3n) is 3.91. The zero-order valence-corrected chi connectivity index (χ0v) is 12.1. The van der Waals surface area contributed by atoms with E-state index < -0.39 is 17.4 Å². The summed E-state index contributed by atoms with van der Waals surface area (Å²) in [5, 5.41) is 2.70. The molecule has 1 aliphatic rings. The van der Waals surface area contributed by atoms with E-state index in [1.165, 1.54) is 23.1 Å². The summed E-state index contributed by atoms with van der Waals surface area (Å²) < 4.78 is 13.8. The first-order valence-corrected chi connectivity index (χ1v) is 6.89. The minimum atomic E-state index is -0.911. The summed E-state index contributed by atoms with van der Waals surface area (Å²) in [5.41, 5.74) is -0.611. The lowest BCUT2D eigenvalue weighted by molar-refractivity contribution is -0.127. The van der Waals surface area contributed by atoms with Crippen LogP contribution in [0, 0.1) is 5.82 Å². The van der Waals surface area contributed by atoms with Gasteiger partial charge in [0, 0.05) is 10.6 Å². The van der Waals surface area contributed by atoms with Crippen molar-refractivity contribution < 1.29 is 14.0 Å². The Balaban J connectivity index is 2.37. The molecular weight excluding hydrogens is 283 g/mol. The Morgan fingerprint density at radius 2 is 1.95 bits per heavy atom. The number of nitrogens with zero attached hydrogens (tertiary/aromatic N) is 1. The van der Waals surface area contributed by atoms with E-state index in [0.29, 0.717) is 23.4 Å². The molecule has 0 unspecified atom stereocenters. The van der Waals surface area contributed by atoms with Crippen LogP contribution in [0.1, 0.15) is 32.3 Å². The number of benzene rings is 1. The lowest BCUT2D eigenvalue weighted by atomic mass is 9.91. The molecule has 0 saturated carbocycles. The predicted molar refractivity (Wildman–Crippen MR) is 73.8 cm³/mol. The molecule has 20 heavy (non-hydrogen) atoms. The highest BCUT2D eigenvalue weighted by molar-refractivity contribution is 6.30. The Morgan fingerprint density at radius 1 is 1.30 bits per heavy atom. The standard InChI is InChI=1S/C14H16ClFN2O2/c1-3-14(4-2)12(19)17-13(20)18(14)8-9-7-10(15)5-6-11(9)16/h5-7H,3-4,8H2,1-2H3,(H,17,19,20). The molecule has 2 rings (SSSR count). The molecule has 6 heteroatoms. The Hall–Kier alpha value is -1.62. The van der Waals surface area contributed by atoms with E-state index in [4.69, 9.17) is 11.6 Å². The van der Waals surface area contributed by atoms with E-state index in [-0.39, 0.29) is 12.5 Å².